The zero-order valence-electron chi connectivity index (χ0n) is 11.3. The molecule has 2 rings (SSSR count). The van der Waals surface area contributed by atoms with Gasteiger partial charge in [0.25, 0.3) is 0 Å². The van der Waals surface area contributed by atoms with E-state index in [1.807, 2.05) is 0 Å². The molecule has 0 aromatic carbocycles. The van der Waals surface area contributed by atoms with E-state index in [4.69, 9.17) is 5.11 Å². The van der Waals surface area contributed by atoms with Crippen molar-refractivity contribution >= 4 is 23.2 Å². The number of rotatable bonds is 5. The summed E-state index contributed by atoms with van der Waals surface area (Å²) < 4.78 is 1.41. The fourth-order valence-electron chi connectivity index (χ4n) is 2.76. The lowest BCUT2D eigenvalue weighted by Crippen LogP contribution is -2.49. The van der Waals surface area contributed by atoms with E-state index in [9.17, 15) is 14.4 Å². The molecule has 0 atom stereocenters. The highest BCUT2D eigenvalue weighted by atomic mass is 32.1. The molecule has 0 unspecified atom stereocenters. The summed E-state index contributed by atoms with van der Waals surface area (Å²) in [5.41, 5.74) is 0.102. The summed E-state index contributed by atoms with van der Waals surface area (Å²) >= 11 is 1.06. The molecular weight excluding hydrogens is 280 g/mol. The fraction of sp³-hybridized carbons (Fsp3) is 0.615. The number of hydrogen-bond acceptors (Lipinski definition) is 4. The van der Waals surface area contributed by atoms with Crippen LogP contribution in [-0.4, -0.2) is 27.1 Å². The molecule has 1 aromatic heterocycles. The SMILES string of the molecule is Cc1csc(=O)n1CC(=O)NC1(CC(=O)O)CCCC1. The fourth-order valence-corrected chi connectivity index (χ4v) is 3.50. The van der Waals surface area contributed by atoms with Crippen molar-refractivity contribution < 1.29 is 14.7 Å². The van der Waals surface area contributed by atoms with E-state index >= 15 is 0 Å². The molecule has 1 fully saturated rings. The minimum Gasteiger partial charge on any atom is -0.481 e. The van der Waals surface area contributed by atoms with Gasteiger partial charge in [0.05, 0.1) is 12.0 Å². The van der Waals surface area contributed by atoms with Crippen molar-refractivity contribution in [2.24, 2.45) is 0 Å². The first-order chi connectivity index (χ1) is 9.42. The monoisotopic (exact) mass is 298 g/mol. The number of carboxylic acid groups (broad SMARTS) is 1. The summed E-state index contributed by atoms with van der Waals surface area (Å²) in [5, 5.41) is 13.5. The van der Waals surface area contributed by atoms with Crippen LogP contribution in [-0.2, 0) is 16.1 Å². The average molecular weight is 298 g/mol. The number of carboxylic acids is 1. The Morgan fingerprint density at radius 3 is 2.60 bits per heavy atom. The Morgan fingerprint density at radius 1 is 1.45 bits per heavy atom. The van der Waals surface area contributed by atoms with Crippen LogP contribution in [0.2, 0.25) is 0 Å². The molecule has 0 saturated heterocycles. The van der Waals surface area contributed by atoms with Gasteiger partial charge in [-0.15, -0.1) is 0 Å². The standard InChI is InChI=1S/C13H18N2O4S/c1-9-8-20-12(19)15(9)7-10(16)14-13(6-11(17)18)4-2-3-5-13/h8H,2-7H2,1H3,(H,14,16)(H,17,18). The van der Waals surface area contributed by atoms with Crippen LogP contribution in [0.5, 0.6) is 0 Å². The minimum absolute atomic E-state index is 0.0461. The maximum absolute atomic E-state index is 12.1. The smallest absolute Gasteiger partial charge is 0.307 e. The van der Waals surface area contributed by atoms with Gasteiger partial charge in [0, 0.05) is 11.1 Å². The number of aromatic nitrogens is 1. The van der Waals surface area contributed by atoms with Crippen molar-refractivity contribution in [2.45, 2.75) is 51.1 Å². The molecule has 6 nitrogen and oxygen atoms in total. The molecule has 1 aliphatic rings. The van der Waals surface area contributed by atoms with Gasteiger partial charge in [0.2, 0.25) is 5.91 Å². The van der Waals surface area contributed by atoms with E-state index in [1.165, 1.54) is 4.57 Å². The molecule has 1 heterocycles. The van der Waals surface area contributed by atoms with E-state index in [1.54, 1.807) is 12.3 Å². The van der Waals surface area contributed by atoms with Gasteiger partial charge in [-0.3, -0.25) is 19.0 Å². The maximum atomic E-state index is 12.1. The second kappa shape index (κ2) is 5.78. The van der Waals surface area contributed by atoms with E-state index in [0.717, 1.165) is 29.9 Å². The van der Waals surface area contributed by atoms with Gasteiger partial charge >= 0.3 is 10.8 Å². The first kappa shape index (κ1) is 14.8. The summed E-state index contributed by atoms with van der Waals surface area (Å²) in [5.74, 6) is -1.20. The summed E-state index contributed by atoms with van der Waals surface area (Å²) in [6.45, 7) is 1.73. The van der Waals surface area contributed by atoms with E-state index in [-0.39, 0.29) is 23.7 Å². The number of nitrogens with zero attached hydrogens (tertiary/aromatic N) is 1. The van der Waals surface area contributed by atoms with Crippen LogP contribution in [0.4, 0.5) is 0 Å². The van der Waals surface area contributed by atoms with Crippen LogP contribution < -0.4 is 10.2 Å². The summed E-state index contributed by atoms with van der Waals surface area (Å²) in [6.07, 6.45) is 3.15. The predicted octanol–water partition coefficient (Wildman–Crippen LogP) is 1.12. The molecule has 1 amide bonds. The van der Waals surface area contributed by atoms with Crippen molar-refractivity contribution in [2.75, 3.05) is 0 Å². The Hall–Kier alpha value is -1.63. The van der Waals surface area contributed by atoms with E-state index < -0.39 is 11.5 Å². The summed E-state index contributed by atoms with van der Waals surface area (Å²) in [6, 6.07) is 0. The molecule has 0 spiro atoms. The van der Waals surface area contributed by atoms with Crippen LogP contribution in [0.25, 0.3) is 0 Å². The van der Waals surface area contributed by atoms with Gasteiger partial charge in [0.1, 0.15) is 6.54 Å². The number of aryl methyl sites for hydroxylation is 1. The van der Waals surface area contributed by atoms with Gasteiger partial charge in [-0.25, -0.2) is 0 Å². The van der Waals surface area contributed by atoms with Gasteiger partial charge in [-0.2, -0.15) is 0 Å². The van der Waals surface area contributed by atoms with Crippen molar-refractivity contribution in [3.05, 3.63) is 20.7 Å². The first-order valence-electron chi connectivity index (χ1n) is 6.60. The van der Waals surface area contributed by atoms with E-state index in [2.05, 4.69) is 5.32 Å². The van der Waals surface area contributed by atoms with Crippen LogP contribution in [0.3, 0.4) is 0 Å². The molecule has 1 aliphatic carbocycles. The number of hydrogen-bond donors (Lipinski definition) is 2. The molecule has 1 aromatic rings. The minimum atomic E-state index is -0.906. The molecule has 2 N–H and O–H groups in total. The van der Waals surface area contributed by atoms with Crippen LogP contribution in [0.1, 0.15) is 37.8 Å². The number of amides is 1. The molecule has 1 saturated carbocycles. The Labute approximate surface area is 120 Å². The zero-order valence-corrected chi connectivity index (χ0v) is 12.2. The number of carbonyl (C=O) groups excluding carboxylic acids is 1. The van der Waals surface area contributed by atoms with Crippen LogP contribution in [0, 0.1) is 6.92 Å². The second-order valence-electron chi connectivity index (χ2n) is 5.34. The summed E-state index contributed by atoms with van der Waals surface area (Å²) in [4.78, 5) is 34.5. The van der Waals surface area contributed by atoms with Crippen molar-refractivity contribution in [1.82, 2.24) is 9.88 Å². The van der Waals surface area contributed by atoms with Crippen molar-refractivity contribution in [3.63, 3.8) is 0 Å². The lowest BCUT2D eigenvalue weighted by atomic mass is 9.93. The molecule has 0 bridgehead atoms. The van der Waals surface area contributed by atoms with Crippen molar-refractivity contribution in [1.29, 1.82) is 0 Å². The third-order valence-corrected chi connectivity index (χ3v) is 4.61. The molecule has 20 heavy (non-hydrogen) atoms. The maximum Gasteiger partial charge on any atom is 0.307 e. The highest BCUT2D eigenvalue weighted by Crippen LogP contribution is 2.32. The van der Waals surface area contributed by atoms with Gasteiger partial charge in [-0.1, -0.05) is 24.2 Å². The molecular formula is C13H18N2O4S. The Bertz CT molecular complexity index is 569. The second-order valence-corrected chi connectivity index (χ2v) is 6.16. The normalized spacial score (nSPS) is 17.1. The third-order valence-electron chi connectivity index (χ3n) is 3.73. The number of carbonyl (C=O) groups is 2. The highest BCUT2D eigenvalue weighted by molar-refractivity contribution is 7.07. The number of aliphatic carboxylic acids is 1. The highest BCUT2D eigenvalue weighted by Gasteiger charge is 2.37. The number of thiazole rings is 1. The first-order valence-corrected chi connectivity index (χ1v) is 7.48. The van der Waals surface area contributed by atoms with Gasteiger partial charge in [-0.05, 0) is 19.8 Å². The zero-order chi connectivity index (χ0) is 14.8. The Kier molecular flexibility index (Phi) is 4.27. The predicted molar refractivity (Wildman–Crippen MR) is 74.9 cm³/mol. The number of nitrogens with one attached hydrogen (secondary N) is 1. The Morgan fingerprint density at radius 2 is 2.10 bits per heavy atom. The van der Waals surface area contributed by atoms with Crippen molar-refractivity contribution in [3.8, 4) is 0 Å². The largest absolute Gasteiger partial charge is 0.481 e. The average Bonchev–Trinajstić information content (AvgIpc) is 2.90. The topological polar surface area (TPSA) is 88.4 Å². The Balaban J connectivity index is 2.06. The van der Waals surface area contributed by atoms with Crippen LogP contribution in [0.15, 0.2) is 10.2 Å². The lowest BCUT2D eigenvalue weighted by Gasteiger charge is -2.28. The lowest BCUT2D eigenvalue weighted by molar-refractivity contribution is -0.139. The molecule has 0 aliphatic heterocycles. The molecule has 7 heteroatoms. The molecule has 110 valence electrons. The van der Waals surface area contributed by atoms with E-state index in [0.29, 0.717) is 12.8 Å². The van der Waals surface area contributed by atoms with Crippen LogP contribution >= 0.6 is 11.3 Å². The molecule has 0 radical (unpaired) electrons. The van der Waals surface area contributed by atoms with Gasteiger partial charge < -0.3 is 10.4 Å². The van der Waals surface area contributed by atoms with Gasteiger partial charge in [0.15, 0.2) is 0 Å². The quantitative estimate of drug-likeness (QED) is 0.852. The third kappa shape index (κ3) is 3.27. The summed E-state index contributed by atoms with van der Waals surface area (Å²) in [7, 11) is 0.